The first kappa shape index (κ1) is 40.2. The highest BCUT2D eigenvalue weighted by Gasteiger charge is 2.38. The molecule has 0 N–H and O–H groups in total. The van der Waals surface area contributed by atoms with Crippen molar-refractivity contribution in [1.29, 1.82) is 0 Å². The van der Waals surface area contributed by atoms with Gasteiger partial charge in [0.15, 0.2) is 0 Å². The van der Waals surface area contributed by atoms with Crippen LogP contribution in [0.2, 0.25) is 0 Å². The molecular weight excluding hydrogens is 847 g/mol. The van der Waals surface area contributed by atoms with Gasteiger partial charge in [-0.05, 0) is 158 Å². The normalized spacial score (nSPS) is 13.1. The van der Waals surface area contributed by atoms with E-state index in [1.165, 1.54) is 122 Å². The number of aromatic nitrogens is 2. The molecule has 0 saturated carbocycles. The second kappa shape index (κ2) is 15.6. The summed E-state index contributed by atoms with van der Waals surface area (Å²) in [4.78, 5) is 2.50. The Bertz CT molecular complexity index is 3990. The molecule has 70 heavy (non-hydrogen) atoms. The highest BCUT2D eigenvalue weighted by molar-refractivity contribution is 6.12. The number of benzene rings is 11. The zero-order valence-electron chi connectivity index (χ0n) is 39.0. The van der Waals surface area contributed by atoms with Crippen LogP contribution in [0.3, 0.4) is 0 Å². The second-order valence-electron chi connectivity index (χ2n) is 19.4. The van der Waals surface area contributed by atoms with Crippen molar-refractivity contribution < 1.29 is 0 Å². The van der Waals surface area contributed by atoms with Crippen LogP contribution >= 0.6 is 0 Å². The van der Waals surface area contributed by atoms with Gasteiger partial charge in [-0.2, -0.15) is 0 Å². The molecule has 330 valence electrons. The molecule has 1 aliphatic heterocycles. The average molecular weight is 894 g/mol. The summed E-state index contributed by atoms with van der Waals surface area (Å²) in [7, 11) is 0. The molecule has 0 aliphatic carbocycles. The molecule has 0 saturated heterocycles. The van der Waals surface area contributed by atoms with Gasteiger partial charge < -0.3 is 14.0 Å². The van der Waals surface area contributed by atoms with Gasteiger partial charge in [-0.15, -0.1) is 0 Å². The summed E-state index contributed by atoms with van der Waals surface area (Å²) < 4.78 is 4.78. The summed E-state index contributed by atoms with van der Waals surface area (Å²) in [5.41, 5.74) is 20.2. The Morgan fingerprint density at radius 2 is 0.671 bits per heavy atom. The fourth-order valence-electron chi connectivity index (χ4n) is 11.6. The third kappa shape index (κ3) is 6.21. The maximum Gasteiger partial charge on any atom is 0.0541 e. The maximum absolute atomic E-state index is 2.50. The quantitative estimate of drug-likeness (QED) is 0.162. The lowest BCUT2D eigenvalue weighted by molar-refractivity contribution is 0.632. The molecule has 0 radical (unpaired) electrons. The molecule has 0 fully saturated rings. The van der Waals surface area contributed by atoms with Gasteiger partial charge in [0, 0.05) is 44.0 Å². The van der Waals surface area contributed by atoms with Crippen molar-refractivity contribution in [2.45, 2.75) is 19.3 Å². The third-order valence-corrected chi connectivity index (χ3v) is 15.1. The summed E-state index contributed by atoms with van der Waals surface area (Å²) in [5.74, 6) is 0. The minimum Gasteiger partial charge on any atom is -0.310 e. The number of hydrogen-bond acceptors (Lipinski definition) is 1. The first-order valence-corrected chi connectivity index (χ1v) is 24.3. The molecule has 0 amide bonds. The Hall–Kier alpha value is -8.92. The summed E-state index contributed by atoms with van der Waals surface area (Å²) in [5, 5.41) is 7.45. The van der Waals surface area contributed by atoms with E-state index in [0.717, 1.165) is 5.69 Å². The van der Waals surface area contributed by atoms with Crippen molar-refractivity contribution in [1.82, 2.24) is 9.13 Å². The van der Waals surface area contributed by atoms with Crippen LogP contribution in [0.1, 0.15) is 25.0 Å². The van der Waals surface area contributed by atoms with Crippen LogP contribution in [0.25, 0.3) is 99.1 Å². The van der Waals surface area contributed by atoms with Crippen LogP contribution < -0.4 is 4.90 Å². The van der Waals surface area contributed by atoms with Gasteiger partial charge in [0.05, 0.1) is 33.4 Å². The van der Waals surface area contributed by atoms with Gasteiger partial charge in [0.2, 0.25) is 0 Å². The van der Waals surface area contributed by atoms with Crippen molar-refractivity contribution in [2.24, 2.45) is 0 Å². The van der Waals surface area contributed by atoms with E-state index in [-0.39, 0.29) is 5.41 Å². The summed E-state index contributed by atoms with van der Waals surface area (Å²) in [6.45, 7) is 4.82. The van der Waals surface area contributed by atoms with Crippen LogP contribution in [-0.4, -0.2) is 9.13 Å². The van der Waals surface area contributed by atoms with Crippen molar-refractivity contribution in [3.05, 3.63) is 260 Å². The average Bonchev–Trinajstić information content (AvgIpc) is 3.94. The van der Waals surface area contributed by atoms with Crippen LogP contribution in [0.15, 0.2) is 249 Å². The molecule has 3 heterocycles. The molecule has 3 heteroatoms. The zero-order chi connectivity index (χ0) is 46.5. The SMILES string of the molecule is CC1(C)c2cc(-c3ccc4c(c3)c3ccccc3n4-c3ccccc3)ccc2N(c2ccc3cc(-c4ccccc4)ccc3c2)c2ccc(-c3ccc4c(c3)c3ccccc3n4-c3ccccc3)cc21. The molecule has 2 aromatic heterocycles. The van der Waals surface area contributed by atoms with Crippen molar-refractivity contribution in [2.75, 3.05) is 4.90 Å². The van der Waals surface area contributed by atoms with E-state index in [1.54, 1.807) is 0 Å². The van der Waals surface area contributed by atoms with Gasteiger partial charge in [0.25, 0.3) is 0 Å². The first-order valence-electron chi connectivity index (χ1n) is 24.3. The molecule has 13 aromatic rings. The summed E-state index contributed by atoms with van der Waals surface area (Å²) in [6.07, 6.45) is 0. The minimum absolute atomic E-state index is 0.338. The second-order valence-corrected chi connectivity index (χ2v) is 19.4. The van der Waals surface area contributed by atoms with Gasteiger partial charge >= 0.3 is 0 Å². The topological polar surface area (TPSA) is 13.1 Å². The highest BCUT2D eigenvalue weighted by Crippen LogP contribution is 2.54. The smallest absolute Gasteiger partial charge is 0.0541 e. The minimum atomic E-state index is -0.338. The van der Waals surface area contributed by atoms with Crippen LogP contribution in [0, 0.1) is 0 Å². The van der Waals surface area contributed by atoms with Crippen LogP contribution in [-0.2, 0) is 5.41 Å². The lowest BCUT2D eigenvalue weighted by Gasteiger charge is -2.42. The third-order valence-electron chi connectivity index (χ3n) is 15.1. The highest BCUT2D eigenvalue weighted by atomic mass is 15.2. The monoisotopic (exact) mass is 893 g/mol. The zero-order valence-corrected chi connectivity index (χ0v) is 39.0. The molecule has 1 aliphatic rings. The molecular formula is C67H47N3. The Morgan fingerprint density at radius 1 is 0.271 bits per heavy atom. The Kier molecular flexibility index (Phi) is 8.93. The molecule has 0 bridgehead atoms. The number of nitrogens with zero attached hydrogens (tertiary/aromatic N) is 3. The number of hydrogen-bond donors (Lipinski definition) is 0. The van der Waals surface area contributed by atoms with Gasteiger partial charge in [-0.25, -0.2) is 0 Å². The van der Waals surface area contributed by atoms with Gasteiger partial charge in [-0.3, -0.25) is 0 Å². The fraction of sp³-hybridized carbons (Fsp3) is 0.0448. The lowest BCUT2D eigenvalue weighted by Crippen LogP contribution is -2.30. The van der Waals surface area contributed by atoms with Crippen molar-refractivity contribution >= 4 is 71.4 Å². The summed E-state index contributed by atoms with van der Waals surface area (Å²) >= 11 is 0. The van der Waals surface area contributed by atoms with Crippen LogP contribution in [0.5, 0.6) is 0 Å². The lowest BCUT2D eigenvalue weighted by atomic mass is 9.72. The van der Waals surface area contributed by atoms with Gasteiger partial charge in [-0.1, -0.05) is 159 Å². The number of anilines is 3. The van der Waals surface area contributed by atoms with Crippen molar-refractivity contribution in [3.63, 3.8) is 0 Å². The fourth-order valence-corrected chi connectivity index (χ4v) is 11.6. The standard InChI is InChI=1S/C67H47N3/c1-67(2)59-42-50(48-29-34-63-57(40-48)55-22-12-14-24-61(55)68(63)52-18-8-4-9-19-52)31-36-65(59)70(54-33-28-46-38-45(26-27-47(46)39-54)44-16-6-3-7-17-44)66-37-32-51(43-60(66)67)49-30-35-64-58(41-49)56-23-13-15-25-62(56)69(64)53-20-10-5-11-21-53/h3-43H,1-2H3. The summed E-state index contributed by atoms with van der Waals surface area (Å²) in [6, 6.07) is 91.8. The molecule has 3 nitrogen and oxygen atoms in total. The first-order chi connectivity index (χ1) is 34.5. The predicted octanol–water partition coefficient (Wildman–Crippen LogP) is 18.1. The van der Waals surface area contributed by atoms with E-state index < -0.39 is 0 Å². The molecule has 14 rings (SSSR count). The van der Waals surface area contributed by atoms with E-state index in [4.69, 9.17) is 0 Å². The predicted molar refractivity (Wildman–Crippen MR) is 296 cm³/mol. The van der Waals surface area contributed by atoms with Gasteiger partial charge in [0.1, 0.15) is 0 Å². The number of fused-ring (bicyclic) bond motifs is 9. The largest absolute Gasteiger partial charge is 0.310 e. The Balaban J connectivity index is 0.936. The van der Waals surface area contributed by atoms with E-state index >= 15 is 0 Å². The number of para-hydroxylation sites is 4. The van der Waals surface area contributed by atoms with E-state index in [0.29, 0.717) is 0 Å². The Morgan fingerprint density at radius 3 is 1.21 bits per heavy atom. The molecule has 0 unspecified atom stereocenters. The molecule has 0 atom stereocenters. The molecule has 0 spiro atoms. The maximum atomic E-state index is 2.50. The van der Waals surface area contributed by atoms with E-state index in [9.17, 15) is 0 Å². The Labute approximate surface area is 407 Å². The van der Waals surface area contributed by atoms with E-state index in [2.05, 4.69) is 277 Å². The van der Waals surface area contributed by atoms with E-state index in [1.807, 2.05) is 0 Å². The number of rotatable bonds is 6. The molecule has 11 aromatic carbocycles. The van der Waals surface area contributed by atoms with Crippen LogP contribution in [0.4, 0.5) is 17.1 Å². The van der Waals surface area contributed by atoms with Crippen molar-refractivity contribution in [3.8, 4) is 44.8 Å².